The highest BCUT2D eigenvalue weighted by Crippen LogP contribution is 2.40. The van der Waals surface area contributed by atoms with Crippen molar-refractivity contribution in [3.8, 4) is 5.88 Å². The molecule has 0 aromatic carbocycles. The number of hydrogen-bond acceptors (Lipinski definition) is 6. The number of ether oxygens (including phenoxy) is 1. The number of aryl methyl sites for hydroxylation is 1. The number of nitrogens with zero attached hydrogens (tertiary/aromatic N) is 5. The third-order valence-electron chi connectivity index (χ3n) is 4.86. The van der Waals surface area contributed by atoms with Crippen LogP contribution in [0.25, 0.3) is 5.52 Å². The third kappa shape index (κ3) is 3.73. The van der Waals surface area contributed by atoms with Crippen molar-refractivity contribution < 1.29 is 26.3 Å². The first-order valence-electron chi connectivity index (χ1n) is 8.45. The molecule has 1 fully saturated rings. The molecule has 9 nitrogen and oxygen atoms in total. The largest absolute Gasteiger partial charge is 0.481 e. The molecular formula is C15H21F3N6O3S. The van der Waals surface area contributed by atoms with Gasteiger partial charge in [0.05, 0.1) is 12.7 Å². The Labute approximate surface area is 160 Å². The van der Waals surface area contributed by atoms with Gasteiger partial charge in [0.15, 0.2) is 5.82 Å². The van der Waals surface area contributed by atoms with E-state index in [-0.39, 0.29) is 29.1 Å². The van der Waals surface area contributed by atoms with Gasteiger partial charge in [0.1, 0.15) is 11.3 Å². The summed E-state index contributed by atoms with van der Waals surface area (Å²) in [6, 6.07) is 0.572. The molecule has 0 radical (unpaired) electrons. The number of anilines is 1. The summed E-state index contributed by atoms with van der Waals surface area (Å²) in [6.07, 6.45) is -3.80. The van der Waals surface area contributed by atoms with Crippen LogP contribution < -0.4 is 14.8 Å². The first-order chi connectivity index (χ1) is 12.9. The van der Waals surface area contributed by atoms with E-state index in [1.807, 2.05) is 0 Å². The van der Waals surface area contributed by atoms with Gasteiger partial charge in [-0.15, -0.1) is 5.10 Å². The van der Waals surface area contributed by atoms with E-state index in [0.29, 0.717) is 25.9 Å². The van der Waals surface area contributed by atoms with E-state index in [9.17, 15) is 21.6 Å². The van der Waals surface area contributed by atoms with Crippen molar-refractivity contribution in [1.82, 2.24) is 18.9 Å². The van der Waals surface area contributed by atoms with E-state index in [0.717, 1.165) is 14.9 Å². The van der Waals surface area contributed by atoms with Crippen LogP contribution in [0.2, 0.25) is 0 Å². The van der Waals surface area contributed by atoms with Crippen LogP contribution in [-0.2, 0) is 16.4 Å². The van der Waals surface area contributed by atoms with E-state index in [1.165, 1.54) is 14.2 Å². The molecule has 1 saturated heterocycles. The predicted molar refractivity (Wildman–Crippen MR) is 95.4 cm³/mol. The molecule has 156 valence electrons. The minimum Gasteiger partial charge on any atom is -0.481 e. The summed E-state index contributed by atoms with van der Waals surface area (Å²) in [6.45, 7) is 2.22. The fourth-order valence-electron chi connectivity index (χ4n) is 3.40. The lowest BCUT2D eigenvalue weighted by molar-refractivity contribution is -0.136. The van der Waals surface area contributed by atoms with Gasteiger partial charge in [-0.1, -0.05) is 0 Å². The first-order valence-corrected chi connectivity index (χ1v) is 9.96. The lowest BCUT2D eigenvalue weighted by Gasteiger charge is -2.36. The summed E-state index contributed by atoms with van der Waals surface area (Å²) >= 11 is 0. The molecule has 0 unspecified atom stereocenters. The van der Waals surface area contributed by atoms with E-state index in [4.69, 9.17) is 9.88 Å². The van der Waals surface area contributed by atoms with Crippen LogP contribution in [0.3, 0.4) is 0 Å². The van der Waals surface area contributed by atoms with Gasteiger partial charge in [-0.25, -0.2) is 10.1 Å². The zero-order chi connectivity index (χ0) is 20.9. The Morgan fingerprint density at radius 2 is 1.93 bits per heavy atom. The normalized spacial score (nSPS) is 16.9. The zero-order valence-electron chi connectivity index (χ0n) is 15.6. The van der Waals surface area contributed by atoms with Crippen LogP contribution >= 0.6 is 0 Å². The molecule has 1 aliphatic rings. The van der Waals surface area contributed by atoms with Crippen LogP contribution in [0.4, 0.5) is 19.0 Å². The smallest absolute Gasteiger partial charge is 0.418 e. The highest BCUT2D eigenvalue weighted by atomic mass is 32.2. The second-order valence-corrected chi connectivity index (χ2v) is 8.23. The van der Waals surface area contributed by atoms with Gasteiger partial charge >= 0.3 is 6.18 Å². The minimum atomic E-state index is -4.61. The van der Waals surface area contributed by atoms with E-state index in [2.05, 4.69) is 10.1 Å². The molecule has 3 rings (SSSR count). The van der Waals surface area contributed by atoms with Gasteiger partial charge in [-0.05, 0) is 19.8 Å². The van der Waals surface area contributed by atoms with Gasteiger partial charge in [-0.2, -0.15) is 30.4 Å². The summed E-state index contributed by atoms with van der Waals surface area (Å²) in [4.78, 5) is 5.95. The molecule has 28 heavy (non-hydrogen) atoms. The van der Waals surface area contributed by atoms with Crippen LogP contribution in [0.15, 0.2) is 6.07 Å². The number of nitrogens with two attached hydrogens (primary N) is 1. The van der Waals surface area contributed by atoms with Crippen molar-refractivity contribution in [3.63, 3.8) is 0 Å². The maximum Gasteiger partial charge on any atom is 0.418 e. The number of aromatic nitrogens is 3. The lowest BCUT2D eigenvalue weighted by Crippen LogP contribution is -2.48. The Bertz CT molecular complexity index is 983. The second-order valence-electron chi connectivity index (χ2n) is 6.62. The average Bonchev–Trinajstić information content (AvgIpc) is 2.98. The number of rotatable bonds is 4. The molecule has 0 amide bonds. The number of halogens is 3. The molecule has 13 heteroatoms. The van der Waals surface area contributed by atoms with Crippen molar-refractivity contribution in [2.24, 2.45) is 5.14 Å². The molecule has 2 N–H and O–H groups in total. The number of methoxy groups -OCH3 is 1. The maximum atomic E-state index is 13.6. The molecule has 2 aromatic heterocycles. The molecule has 0 bridgehead atoms. The average molecular weight is 422 g/mol. The summed E-state index contributed by atoms with van der Waals surface area (Å²) in [5, 5.41) is 9.22. The topological polar surface area (TPSA) is 106 Å². The van der Waals surface area contributed by atoms with Crippen LogP contribution in [-0.4, -0.2) is 60.6 Å². The van der Waals surface area contributed by atoms with Crippen molar-refractivity contribution >= 4 is 21.5 Å². The predicted octanol–water partition coefficient (Wildman–Crippen LogP) is 1.17. The standard InChI is InChI=1S/C15H21F3N6O3S/c1-9-20-14(23-6-4-10(5-7-23)22(2)28(19,25)26)13-11(15(16,17)18)8-12(27-3)24(13)21-9/h8,10H,4-7H2,1-3H3,(H2,19,25,26). The molecule has 3 heterocycles. The Balaban J connectivity index is 2.01. The molecule has 0 saturated carbocycles. The summed E-state index contributed by atoms with van der Waals surface area (Å²) < 4.78 is 71.0. The van der Waals surface area contributed by atoms with Crippen molar-refractivity contribution in [2.75, 3.05) is 32.1 Å². The van der Waals surface area contributed by atoms with Gasteiger partial charge in [0.2, 0.25) is 5.88 Å². The molecule has 0 atom stereocenters. The number of fused-ring (bicyclic) bond motifs is 1. The lowest BCUT2D eigenvalue weighted by atomic mass is 10.1. The molecule has 0 spiro atoms. The van der Waals surface area contributed by atoms with Crippen molar-refractivity contribution in [2.45, 2.75) is 32.0 Å². The fourth-order valence-corrected chi connectivity index (χ4v) is 4.02. The van der Waals surface area contributed by atoms with Gasteiger partial charge in [0.25, 0.3) is 10.2 Å². The van der Waals surface area contributed by atoms with Gasteiger partial charge in [0, 0.05) is 32.2 Å². The summed E-state index contributed by atoms with van der Waals surface area (Å²) in [7, 11) is -1.17. The third-order valence-corrected chi connectivity index (χ3v) is 5.96. The Morgan fingerprint density at radius 1 is 1.32 bits per heavy atom. The molecule has 0 aliphatic carbocycles. The van der Waals surface area contributed by atoms with Crippen LogP contribution in [0, 0.1) is 6.92 Å². The highest BCUT2D eigenvalue weighted by Gasteiger charge is 2.38. The van der Waals surface area contributed by atoms with E-state index in [1.54, 1.807) is 11.8 Å². The van der Waals surface area contributed by atoms with Crippen LogP contribution in [0.5, 0.6) is 5.88 Å². The van der Waals surface area contributed by atoms with Gasteiger partial charge in [-0.3, -0.25) is 0 Å². The number of piperidine rings is 1. The number of alkyl halides is 3. The summed E-state index contributed by atoms with van der Waals surface area (Å²) in [5.74, 6) is 0.381. The highest BCUT2D eigenvalue weighted by molar-refractivity contribution is 7.86. The first kappa shape index (κ1) is 20.6. The van der Waals surface area contributed by atoms with Crippen molar-refractivity contribution in [3.05, 3.63) is 17.5 Å². The van der Waals surface area contributed by atoms with E-state index < -0.39 is 21.9 Å². The number of hydrogen-bond donors (Lipinski definition) is 1. The maximum absolute atomic E-state index is 13.6. The van der Waals surface area contributed by atoms with Gasteiger partial charge < -0.3 is 9.64 Å². The molecule has 1 aliphatic heterocycles. The molecule has 2 aromatic rings. The Hall–Kier alpha value is -2.12. The summed E-state index contributed by atoms with van der Waals surface area (Å²) in [5.41, 5.74) is -1.07. The Morgan fingerprint density at radius 3 is 2.43 bits per heavy atom. The minimum absolute atomic E-state index is 0.0436. The second kappa shape index (κ2) is 7.04. The monoisotopic (exact) mass is 422 g/mol. The Kier molecular flexibility index (Phi) is 5.18. The fraction of sp³-hybridized carbons (Fsp3) is 0.600. The van der Waals surface area contributed by atoms with E-state index >= 15 is 0 Å². The SMILES string of the molecule is COc1cc(C(F)(F)F)c2c(N3CCC(N(C)S(N)(=O)=O)CC3)nc(C)nn12. The van der Waals surface area contributed by atoms with Crippen molar-refractivity contribution in [1.29, 1.82) is 0 Å². The quantitative estimate of drug-likeness (QED) is 0.793. The zero-order valence-corrected chi connectivity index (χ0v) is 16.4. The molecular weight excluding hydrogens is 401 g/mol. The van der Waals surface area contributed by atoms with Crippen LogP contribution in [0.1, 0.15) is 24.2 Å².